The molecule has 0 amide bonds. The Morgan fingerprint density at radius 3 is 1.25 bits per heavy atom. The van der Waals surface area contributed by atoms with Crippen molar-refractivity contribution >= 4 is 0 Å². The Hall–Kier alpha value is -0.740. The van der Waals surface area contributed by atoms with Crippen molar-refractivity contribution in [2.75, 3.05) is 0 Å². The molecule has 0 unspecified atom stereocenters. The Morgan fingerprint density at radius 2 is 1.06 bits per heavy atom. The van der Waals surface area contributed by atoms with Gasteiger partial charge in [-0.15, -0.1) is 0 Å². The average Bonchev–Trinajstić information content (AvgIpc) is 2.50. The first-order chi connectivity index (χ1) is 6.71. The smallest absolute Gasteiger partial charge is 0.265 e. The zero-order valence-corrected chi connectivity index (χ0v) is 6.69. The van der Waals surface area contributed by atoms with E-state index in [-0.39, 0.29) is 0 Å². The van der Waals surface area contributed by atoms with Crippen molar-refractivity contribution in [3.63, 3.8) is 0 Å². The Labute approximate surface area is 80.0 Å². The number of rotatable bonds is 2. The maximum absolute atomic E-state index is 12.4. The van der Waals surface area contributed by atoms with Gasteiger partial charge in [0.2, 0.25) is 0 Å². The minimum absolute atomic E-state index is 2.31. The van der Waals surface area contributed by atoms with Gasteiger partial charge in [-0.05, 0) is 0 Å². The maximum Gasteiger partial charge on any atom is 0.460 e. The molecule has 1 nitrogen and oxygen atoms in total. The molecule has 96 valence electrons. The first-order valence-corrected chi connectivity index (χ1v) is 3.30. The van der Waals surface area contributed by atoms with Crippen LogP contribution >= 0.6 is 0 Å². The van der Waals surface area contributed by atoms with E-state index in [9.17, 15) is 43.9 Å². The lowest BCUT2D eigenvalue weighted by atomic mass is 10.1. The zero-order chi connectivity index (χ0) is 13.2. The molecule has 1 saturated heterocycles. The van der Waals surface area contributed by atoms with Crippen molar-refractivity contribution in [3.8, 4) is 0 Å². The van der Waals surface area contributed by atoms with Gasteiger partial charge in [-0.25, -0.2) is 0 Å². The number of halogens is 10. The van der Waals surface area contributed by atoms with E-state index in [2.05, 4.69) is 4.74 Å². The van der Waals surface area contributed by atoms with Gasteiger partial charge in [0.25, 0.3) is 0 Å². The lowest BCUT2D eigenvalue weighted by Crippen LogP contribution is -2.59. The summed E-state index contributed by atoms with van der Waals surface area (Å²) in [5.74, 6) is -19.4. The van der Waals surface area contributed by atoms with Crippen LogP contribution in [0.4, 0.5) is 43.9 Å². The van der Waals surface area contributed by atoms with Crippen molar-refractivity contribution in [2.24, 2.45) is 0 Å². The lowest BCUT2D eigenvalue weighted by Gasteiger charge is -2.28. The van der Waals surface area contributed by atoms with Gasteiger partial charge in [-0.2, -0.15) is 43.9 Å². The van der Waals surface area contributed by atoms with Crippen LogP contribution in [0.3, 0.4) is 0 Å². The Morgan fingerprint density at radius 1 is 0.750 bits per heavy atom. The molecule has 1 fully saturated rings. The maximum atomic E-state index is 12.4. The third-order valence-electron chi connectivity index (χ3n) is 1.76. The summed E-state index contributed by atoms with van der Waals surface area (Å²) in [6, 6.07) is 0. The van der Waals surface area contributed by atoms with Crippen molar-refractivity contribution < 1.29 is 48.6 Å². The molecule has 0 aromatic carbocycles. The molecular weight excluding hydrogens is 266 g/mol. The summed E-state index contributed by atoms with van der Waals surface area (Å²) in [7, 11) is 0. The molecule has 1 atom stereocenters. The van der Waals surface area contributed by atoms with E-state index in [1.807, 2.05) is 0 Å². The van der Waals surface area contributed by atoms with Crippen molar-refractivity contribution in [1.82, 2.24) is 0 Å². The van der Waals surface area contributed by atoms with Gasteiger partial charge in [-0.1, -0.05) is 0 Å². The summed E-state index contributed by atoms with van der Waals surface area (Å²) in [6.45, 7) is 0. The summed E-state index contributed by atoms with van der Waals surface area (Å²) in [5.41, 5.74) is 0. The van der Waals surface area contributed by atoms with Gasteiger partial charge in [-0.3, -0.25) is 4.74 Å². The molecule has 0 saturated carbocycles. The molecule has 0 bridgehead atoms. The minimum Gasteiger partial charge on any atom is -0.265 e. The fraction of sp³-hybridized carbons (Fsp3) is 1.00. The number of hydrogen-bond acceptors (Lipinski definition) is 1. The predicted molar refractivity (Wildman–Crippen MR) is 25.8 cm³/mol. The number of ether oxygens (including phenoxy) is 1. The molecule has 1 rings (SSSR count). The molecule has 1 aliphatic rings. The van der Waals surface area contributed by atoms with Crippen LogP contribution in [-0.4, -0.2) is 30.0 Å². The van der Waals surface area contributed by atoms with Crippen LogP contribution in [0.25, 0.3) is 0 Å². The SMILES string of the molecule is FC(F)(F)C(F)(F)C(F)(F)[C@]1(F)OC1(F)F. The fourth-order valence-electron chi connectivity index (χ4n) is 0.778. The first-order valence-electron chi connectivity index (χ1n) is 3.30. The lowest BCUT2D eigenvalue weighted by molar-refractivity contribution is -0.379. The first kappa shape index (κ1) is 13.3. The number of epoxide rings is 1. The van der Waals surface area contributed by atoms with Crippen LogP contribution in [0, 0.1) is 0 Å². The van der Waals surface area contributed by atoms with E-state index < -0.39 is 30.0 Å². The molecule has 16 heavy (non-hydrogen) atoms. The fourth-order valence-corrected chi connectivity index (χ4v) is 0.778. The van der Waals surface area contributed by atoms with Gasteiger partial charge >= 0.3 is 30.0 Å². The van der Waals surface area contributed by atoms with Crippen LogP contribution in [-0.2, 0) is 4.74 Å². The molecule has 0 N–H and O–H groups in total. The summed E-state index contributed by atoms with van der Waals surface area (Å²) in [4.78, 5) is 0. The highest BCUT2D eigenvalue weighted by Gasteiger charge is 2.97. The second-order valence-electron chi connectivity index (χ2n) is 2.86. The Balaban J connectivity index is 3.14. The number of hydrogen-bond donors (Lipinski definition) is 0. The van der Waals surface area contributed by atoms with E-state index >= 15 is 0 Å². The predicted octanol–water partition coefficient (Wildman–Crippen LogP) is 3.11. The molecule has 0 spiro atoms. The van der Waals surface area contributed by atoms with Crippen LogP contribution < -0.4 is 0 Å². The van der Waals surface area contributed by atoms with Gasteiger partial charge < -0.3 is 0 Å². The van der Waals surface area contributed by atoms with Crippen LogP contribution in [0.1, 0.15) is 0 Å². The standard InChI is InChI=1S/C5F10O/c6-1(7,2(8,9)4(11,12)13)3(10)5(14,15)16-3/t3-/m0/s1. The van der Waals surface area contributed by atoms with E-state index in [1.54, 1.807) is 0 Å². The van der Waals surface area contributed by atoms with Crippen LogP contribution in [0.15, 0.2) is 0 Å². The average molecular weight is 266 g/mol. The zero-order valence-electron chi connectivity index (χ0n) is 6.69. The van der Waals surface area contributed by atoms with Crippen molar-refractivity contribution in [2.45, 2.75) is 30.0 Å². The van der Waals surface area contributed by atoms with Gasteiger partial charge in [0.05, 0.1) is 0 Å². The summed E-state index contributed by atoms with van der Waals surface area (Å²) < 4.78 is 121. The Bertz CT molecular complexity index is 305. The highest BCUT2D eigenvalue weighted by molar-refractivity contribution is 5.11. The third kappa shape index (κ3) is 1.29. The molecule has 1 heterocycles. The van der Waals surface area contributed by atoms with Gasteiger partial charge in [0.1, 0.15) is 0 Å². The normalized spacial score (nSPS) is 30.4. The van der Waals surface area contributed by atoms with E-state index in [1.165, 1.54) is 0 Å². The Kier molecular flexibility index (Phi) is 2.28. The monoisotopic (exact) mass is 266 g/mol. The van der Waals surface area contributed by atoms with Crippen LogP contribution in [0.5, 0.6) is 0 Å². The molecule has 1 aliphatic heterocycles. The van der Waals surface area contributed by atoms with E-state index in [0.29, 0.717) is 0 Å². The van der Waals surface area contributed by atoms with E-state index in [4.69, 9.17) is 0 Å². The van der Waals surface area contributed by atoms with Crippen molar-refractivity contribution in [1.29, 1.82) is 0 Å². The minimum atomic E-state index is -6.98. The molecule has 0 radical (unpaired) electrons. The molecule has 0 aromatic heterocycles. The van der Waals surface area contributed by atoms with Crippen LogP contribution in [0.2, 0.25) is 0 Å². The topological polar surface area (TPSA) is 12.5 Å². The van der Waals surface area contributed by atoms with E-state index in [0.717, 1.165) is 0 Å². The molecular formula is C5F10O. The largest absolute Gasteiger partial charge is 0.460 e. The molecule has 0 aromatic rings. The summed E-state index contributed by atoms with van der Waals surface area (Å²) >= 11 is 0. The highest BCUT2D eigenvalue weighted by Crippen LogP contribution is 2.65. The summed E-state index contributed by atoms with van der Waals surface area (Å²) in [6.07, 6.45) is -12.3. The summed E-state index contributed by atoms with van der Waals surface area (Å²) in [5, 5.41) is 0. The number of alkyl halides is 10. The third-order valence-corrected chi connectivity index (χ3v) is 1.76. The second-order valence-corrected chi connectivity index (χ2v) is 2.86. The van der Waals surface area contributed by atoms with Gasteiger partial charge in [0, 0.05) is 0 Å². The van der Waals surface area contributed by atoms with Crippen molar-refractivity contribution in [3.05, 3.63) is 0 Å². The molecule has 11 heteroatoms. The quantitative estimate of drug-likeness (QED) is 0.552. The molecule has 0 aliphatic carbocycles. The second kappa shape index (κ2) is 2.74. The highest BCUT2D eigenvalue weighted by atomic mass is 19.4. The van der Waals surface area contributed by atoms with Gasteiger partial charge in [0.15, 0.2) is 0 Å².